The van der Waals surface area contributed by atoms with Crippen molar-refractivity contribution in [3.63, 3.8) is 0 Å². The van der Waals surface area contributed by atoms with E-state index >= 15 is 0 Å². The predicted octanol–water partition coefficient (Wildman–Crippen LogP) is 4.50. The lowest BCUT2D eigenvalue weighted by molar-refractivity contribution is 0.102. The van der Waals surface area contributed by atoms with Crippen LogP contribution in [0.2, 0.25) is 0 Å². The molecule has 0 aliphatic heterocycles. The summed E-state index contributed by atoms with van der Waals surface area (Å²) in [7, 11) is -3.81. The van der Waals surface area contributed by atoms with Gasteiger partial charge in [-0.3, -0.25) is 9.52 Å². The molecule has 0 bridgehead atoms. The molecule has 5 nitrogen and oxygen atoms in total. The van der Waals surface area contributed by atoms with Gasteiger partial charge in [0.05, 0.1) is 16.1 Å². The Morgan fingerprint density at radius 2 is 1.42 bits per heavy atom. The molecule has 3 rings (SSSR count). The maximum Gasteiger partial charge on any atom is 0.261 e. The molecule has 132 valence electrons. The SMILES string of the molecule is O=C(Nc1ccccc1)c1ccccc1NS(=O)(=O)c1ccc(Br)cc1. The van der Waals surface area contributed by atoms with Crippen LogP contribution >= 0.6 is 15.9 Å². The topological polar surface area (TPSA) is 75.3 Å². The molecule has 1 amide bonds. The molecule has 0 aliphatic carbocycles. The largest absolute Gasteiger partial charge is 0.322 e. The number of carbonyl (C=O) groups excluding carboxylic acids is 1. The highest BCUT2D eigenvalue weighted by Gasteiger charge is 2.18. The van der Waals surface area contributed by atoms with Crippen LogP contribution in [0.15, 0.2) is 88.2 Å². The van der Waals surface area contributed by atoms with Gasteiger partial charge in [0, 0.05) is 10.2 Å². The fraction of sp³-hybridized carbons (Fsp3) is 0. The number of nitrogens with one attached hydrogen (secondary N) is 2. The molecule has 0 atom stereocenters. The first-order chi connectivity index (χ1) is 12.5. The van der Waals surface area contributed by atoms with E-state index in [-0.39, 0.29) is 16.1 Å². The van der Waals surface area contributed by atoms with Gasteiger partial charge in [0.15, 0.2) is 0 Å². The number of benzene rings is 3. The maximum atomic E-state index is 12.6. The van der Waals surface area contributed by atoms with Crippen molar-refractivity contribution in [1.82, 2.24) is 0 Å². The highest BCUT2D eigenvalue weighted by atomic mass is 79.9. The van der Waals surface area contributed by atoms with Crippen molar-refractivity contribution < 1.29 is 13.2 Å². The minimum Gasteiger partial charge on any atom is -0.322 e. The first-order valence-corrected chi connectivity index (χ1v) is 9.97. The van der Waals surface area contributed by atoms with Crippen LogP contribution in [-0.4, -0.2) is 14.3 Å². The van der Waals surface area contributed by atoms with E-state index in [9.17, 15) is 13.2 Å². The summed E-state index contributed by atoms with van der Waals surface area (Å²) in [5.41, 5.74) is 1.07. The molecule has 3 aromatic rings. The third-order valence-electron chi connectivity index (χ3n) is 3.57. The van der Waals surface area contributed by atoms with Crippen molar-refractivity contribution in [3.8, 4) is 0 Å². The smallest absolute Gasteiger partial charge is 0.261 e. The monoisotopic (exact) mass is 430 g/mol. The second-order valence-electron chi connectivity index (χ2n) is 5.43. The van der Waals surface area contributed by atoms with E-state index in [1.807, 2.05) is 6.07 Å². The third kappa shape index (κ3) is 4.30. The van der Waals surface area contributed by atoms with Gasteiger partial charge in [-0.2, -0.15) is 0 Å². The van der Waals surface area contributed by atoms with Crippen LogP contribution in [0.25, 0.3) is 0 Å². The molecule has 0 saturated carbocycles. The highest BCUT2D eigenvalue weighted by molar-refractivity contribution is 9.10. The zero-order valence-electron chi connectivity index (χ0n) is 13.5. The summed E-state index contributed by atoms with van der Waals surface area (Å²) in [6, 6.07) is 21.7. The number of para-hydroxylation sites is 2. The summed E-state index contributed by atoms with van der Waals surface area (Å²) in [4.78, 5) is 12.7. The number of amides is 1. The second-order valence-corrected chi connectivity index (χ2v) is 8.02. The molecule has 7 heteroatoms. The van der Waals surface area contributed by atoms with Gasteiger partial charge < -0.3 is 5.32 Å². The molecule has 0 fully saturated rings. The average Bonchev–Trinajstić information content (AvgIpc) is 2.63. The van der Waals surface area contributed by atoms with Gasteiger partial charge in [0.25, 0.3) is 15.9 Å². The quantitative estimate of drug-likeness (QED) is 0.625. The Hall–Kier alpha value is -2.64. The van der Waals surface area contributed by atoms with Gasteiger partial charge in [-0.1, -0.05) is 46.3 Å². The molecular formula is C19H15BrN2O3S. The Labute approximate surface area is 160 Å². The Morgan fingerprint density at radius 3 is 2.12 bits per heavy atom. The minimum atomic E-state index is -3.81. The van der Waals surface area contributed by atoms with E-state index in [1.54, 1.807) is 60.7 Å². The number of rotatable bonds is 5. The van der Waals surface area contributed by atoms with E-state index < -0.39 is 15.9 Å². The van der Waals surface area contributed by atoms with Crippen molar-refractivity contribution in [2.45, 2.75) is 4.90 Å². The molecule has 2 N–H and O–H groups in total. The van der Waals surface area contributed by atoms with Crippen molar-refractivity contribution in [3.05, 3.63) is 88.9 Å². The minimum absolute atomic E-state index is 0.110. The first-order valence-electron chi connectivity index (χ1n) is 7.69. The summed E-state index contributed by atoms with van der Waals surface area (Å²) >= 11 is 3.27. The van der Waals surface area contributed by atoms with Crippen molar-refractivity contribution in [2.24, 2.45) is 0 Å². The lowest BCUT2D eigenvalue weighted by Gasteiger charge is -2.13. The second kappa shape index (κ2) is 7.72. The van der Waals surface area contributed by atoms with E-state index in [4.69, 9.17) is 0 Å². The lowest BCUT2D eigenvalue weighted by Crippen LogP contribution is -2.18. The Morgan fingerprint density at radius 1 is 0.808 bits per heavy atom. The van der Waals surface area contributed by atoms with Gasteiger partial charge in [0.2, 0.25) is 0 Å². The standard InChI is InChI=1S/C19H15BrN2O3S/c20-14-10-12-16(13-11-14)26(24,25)22-18-9-5-4-8-17(18)19(23)21-15-6-2-1-3-7-15/h1-13,22H,(H,21,23). The fourth-order valence-electron chi connectivity index (χ4n) is 2.31. The van der Waals surface area contributed by atoms with Gasteiger partial charge >= 0.3 is 0 Å². The van der Waals surface area contributed by atoms with Gasteiger partial charge in [-0.15, -0.1) is 0 Å². The summed E-state index contributed by atoms with van der Waals surface area (Å²) in [6.45, 7) is 0. The average molecular weight is 431 g/mol. The molecule has 0 saturated heterocycles. The maximum absolute atomic E-state index is 12.6. The summed E-state index contributed by atoms with van der Waals surface area (Å²) in [5, 5.41) is 2.75. The van der Waals surface area contributed by atoms with Crippen molar-refractivity contribution in [2.75, 3.05) is 10.0 Å². The molecule has 26 heavy (non-hydrogen) atoms. The molecule has 3 aromatic carbocycles. The molecular weight excluding hydrogens is 416 g/mol. The summed E-state index contributed by atoms with van der Waals surface area (Å²) in [6.07, 6.45) is 0. The van der Waals surface area contributed by atoms with Crippen molar-refractivity contribution >= 4 is 43.2 Å². The van der Waals surface area contributed by atoms with Gasteiger partial charge in [-0.05, 0) is 48.5 Å². The Balaban J connectivity index is 1.87. The van der Waals surface area contributed by atoms with E-state index in [0.29, 0.717) is 5.69 Å². The van der Waals surface area contributed by atoms with E-state index in [2.05, 4.69) is 26.0 Å². The van der Waals surface area contributed by atoms with Crippen LogP contribution in [0.1, 0.15) is 10.4 Å². The Kier molecular flexibility index (Phi) is 5.39. The summed E-state index contributed by atoms with van der Waals surface area (Å²) in [5.74, 6) is -0.398. The van der Waals surface area contributed by atoms with Crippen LogP contribution < -0.4 is 10.0 Å². The highest BCUT2D eigenvalue weighted by Crippen LogP contribution is 2.22. The normalized spacial score (nSPS) is 11.0. The number of halogens is 1. The van der Waals surface area contributed by atoms with Crippen LogP contribution in [0.4, 0.5) is 11.4 Å². The molecule has 0 heterocycles. The summed E-state index contributed by atoms with van der Waals surface area (Å²) < 4.78 is 28.4. The van der Waals surface area contributed by atoms with Gasteiger partial charge in [-0.25, -0.2) is 8.42 Å². The van der Waals surface area contributed by atoms with Gasteiger partial charge in [0.1, 0.15) is 0 Å². The molecule has 0 aliphatic rings. The molecule has 0 unspecified atom stereocenters. The number of hydrogen-bond donors (Lipinski definition) is 2. The number of sulfonamides is 1. The van der Waals surface area contributed by atoms with Crippen LogP contribution in [-0.2, 0) is 10.0 Å². The number of hydrogen-bond acceptors (Lipinski definition) is 3. The number of anilines is 2. The third-order valence-corrected chi connectivity index (χ3v) is 5.48. The van der Waals surface area contributed by atoms with Crippen molar-refractivity contribution in [1.29, 1.82) is 0 Å². The van der Waals surface area contributed by atoms with Crippen LogP contribution in [0, 0.1) is 0 Å². The molecule has 0 radical (unpaired) electrons. The first kappa shape index (κ1) is 18.2. The van der Waals surface area contributed by atoms with Crippen LogP contribution in [0.5, 0.6) is 0 Å². The van der Waals surface area contributed by atoms with E-state index in [1.165, 1.54) is 12.1 Å². The lowest BCUT2D eigenvalue weighted by atomic mass is 10.1. The zero-order chi connectivity index (χ0) is 18.6. The number of carbonyl (C=O) groups is 1. The zero-order valence-corrected chi connectivity index (χ0v) is 15.9. The molecule has 0 spiro atoms. The Bertz CT molecular complexity index is 1020. The molecule has 0 aromatic heterocycles. The van der Waals surface area contributed by atoms with E-state index in [0.717, 1.165) is 4.47 Å². The fourth-order valence-corrected chi connectivity index (χ4v) is 3.65. The van der Waals surface area contributed by atoms with Crippen LogP contribution in [0.3, 0.4) is 0 Å². The predicted molar refractivity (Wildman–Crippen MR) is 106 cm³/mol.